The van der Waals surface area contributed by atoms with Gasteiger partial charge in [0, 0.05) is 79.8 Å². The van der Waals surface area contributed by atoms with Crippen LogP contribution in [0.4, 0.5) is 11.4 Å². The summed E-state index contributed by atoms with van der Waals surface area (Å²) in [6.07, 6.45) is 22.4. The van der Waals surface area contributed by atoms with E-state index in [1.54, 1.807) is 6.07 Å². The number of hydrogen-bond donors (Lipinski definition) is 6. The minimum atomic E-state index is -4.56. The molecule has 3 heterocycles. The second-order valence-electron chi connectivity index (χ2n) is 20.0. The number of carbonyl (C=O) groups excluding carboxylic acids is 3. The van der Waals surface area contributed by atoms with E-state index in [0.717, 1.165) is 36.5 Å². The molecule has 0 bridgehead atoms. The summed E-state index contributed by atoms with van der Waals surface area (Å²) in [6.45, 7) is 10.2. The zero-order chi connectivity index (χ0) is 52.5. The maximum atomic E-state index is 13.4. The molecule has 0 saturated carbocycles. The molecule has 0 fully saturated rings. The highest BCUT2D eigenvalue weighted by atomic mass is 32.2. The van der Waals surface area contributed by atoms with Gasteiger partial charge in [0.25, 0.3) is 20.2 Å². The number of nitrogens with zero attached hydrogens (tertiary/aromatic N) is 2. The minimum Gasteiger partial charge on any atom is -0.481 e. The molecule has 16 nitrogen and oxygen atoms in total. The highest BCUT2D eigenvalue weighted by Crippen LogP contribution is 2.51. The number of amides is 3. The topological polar surface area (TPSA) is 240 Å². The molecular weight excluding hydrogens is 959 g/mol. The summed E-state index contributed by atoms with van der Waals surface area (Å²) >= 11 is 0. The average molecular weight is 1040 g/mol. The van der Waals surface area contributed by atoms with E-state index in [1.807, 2.05) is 48.3 Å². The molecule has 3 aliphatic heterocycles. The molecule has 2 aromatic rings. The van der Waals surface area contributed by atoms with Gasteiger partial charge in [-0.15, -0.1) is 0 Å². The largest absolute Gasteiger partial charge is 0.481 e. The highest BCUT2D eigenvalue weighted by Gasteiger charge is 2.45. The maximum absolute atomic E-state index is 13.4. The van der Waals surface area contributed by atoms with Gasteiger partial charge in [-0.2, -0.15) is 21.4 Å². The molecule has 5 rings (SSSR count). The minimum absolute atomic E-state index is 0.0722. The molecule has 18 heteroatoms. The van der Waals surface area contributed by atoms with Crippen LogP contribution in [-0.2, 0) is 50.2 Å². The lowest BCUT2D eigenvalue weighted by Crippen LogP contribution is -2.47. The summed E-state index contributed by atoms with van der Waals surface area (Å²) in [5.41, 5.74) is 5.70. The third-order valence-electron chi connectivity index (χ3n) is 13.9. The first-order chi connectivity index (χ1) is 34.1. The van der Waals surface area contributed by atoms with E-state index in [4.69, 9.17) is 5.11 Å². The Morgan fingerprint density at radius 3 is 2.26 bits per heavy atom. The van der Waals surface area contributed by atoms with Crippen LogP contribution < -0.4 is 20.9 Å². The van der Waals surface area contributed by atoms with Crippen molar-refractivity contribution in [2.75, 3.05) is 36.8 Å². The Labute approximate surface area is 426 Å². The van der Waals surface area contributed by atoms with Crippen LogP contribution in [0.5, 0.6) is 0 Å². The first-order valence-electron chi connectivity index (χ1n) is 25.5. The lowest BCUT2D eigenvalue weighted by Gasteiger charge is -2.30. The average Bonchev–Trinajstić information content (AvgIpc) is 3.65. The fraction of sp³-hybridized carbons (Fsp3) is 0.537. The number of aryl methyl sites for hydroxylation is 1. The van der Waals surface area contributed by atoms with E-state index < -0.39 is 43.4 Å². The molecule has 394 valence electrons. The number of anilines is 1. The van der Waals surface area contributed by atoms with Crippen molar-refractivity contribution in [1.82, 2.24) is 16.0 Å². The summed E-state index contributed by atoms with van der Waals surface area (Å²) < 4.78 is 70.4. The van der Waals surface area contributed by atoms with Crippen molar-refractivity contribution in [3.63, 3.8) is 0 Å². The van der Waals surface area contributed by atoms with E-state index in [-0.39, 0.29) is 60.3 Å². The van der Waals surface area contributed by atoms with Crippen LogP contribution in [0.15, 0.2) is 89.5 Å². The predicted molar refractivity (Wildman–Crippen MR) is 281 cm³/mol. The summed E-state index contributed by atoms with van der Waals surface area (Å²) in [5, 5.41) is 17.8. The van der Waals surface area contributed by atoms with Crippen LogP contribution >= 0.6 is 0 Å². The van der Waals surface area contributed by atoms with Crippen LogP contribution in [0.1, 0.15) is 147 Å². The smallest absolute Gasteiger partial charge is 0.303 e. The van der Waals surface area contributed by atoms with Crippen LogP contribution in [0.2, 0.25) is 0 Å². The third-order valence-corrected chi connectivity index (χ3v) is 15.6. The van der Waals surface area contributed by atoms with Gasteiger partial charge in [0.05, 0.1) is 16.1 Å². The van der Waals surface area contributed by atoms with E-state index in [0.29, 0.717) is 95.0 Å². The highest BCUT2D eigenvalue weighted by molar-refractivity contribution is 7.86. The van der Waals surface area contributed by atoms with Crippen molar-refractivity contribution in [3.05, 3.63) is 101 Å². The van der Waals surface area contributed by atoms with Gasteiger partial charge in [0.2, 0.25) is 23.4 Å². The van der Waals surface area contributed by atoms with Gasteiger partial charge in [0.15, 0.2) is 5.71 Å². The van der Waals surface area contributed by atoms with Crippen molar-refractivity contribution in [2.24, 2.45) is 0 Å². The number of carboxylic acid groups (broad SMARTS) is 1. The number of unbranched alkanes of at least 4 members (excludes halogenated alkanes) is 2. The van der Waals surface area contributed by atoms with Crippen molar-refractivity contribution in [3.8, 4) is 0 Å². The van der Waals surface area contributed by atoms with E-state index >= 15 is 0 Å². The predicted octanol–water partition coefficient (Wildman–Crippen LogP) is 8.28. The standard InChI is InChI=1S/C54H75N5O11S2/c1-40-28-30-45-42(38-40)53(2,3)47-23-11-6-5-7-12-24-48-54(4,43-39-41(72(68,69)70)29-31-46(43)59(48)36-21-37-71(65,66)67)32-17-8-13-25-49(60)55-33-19-16-22-44(52(64)56-34-18-9-15-27-51(62)63)57-50(61)26-14-10-20-35-58(45)47/h5-7,11-12,23-24,28-31,38-39,44H,8-10,13-22,25-27,32-37H2,1-4H3,(H5-,55,56,57,60,61,62,63,64,65,66,67,68,69,70)/p+1. The molecule has 0 aromatic heterocycles. The number of benzene rings is 2. The first-order valence-corrected chi connectivity index (χ1v) is 28.6. The third kappa shape index (κ3) is 16.5. The molecule has 2 aromatic carbocycles. The van der Waals surface area contributed by atoms with Crippen LogP contribution in [0, 0.1) is 6.92 Å². The Kier molecular flexibility index (Phi) is 21.2. The summed E-state index contributed by atoms with van der Waals surface area (Å²) in [7, 11) is -8.81. The van der Waals surface area contributed by atoms with Crippen LogP contribution in [0.3, 0.4) is 0 Å². The summed E-state index contributed by atoms with van der Waals surface area (Å²) in [6, 6.07) is 10.2. The van der Waals surface area contributed by atoms with Crippen LogP contribution in [0.25, 0.3) is 0 Å². The molecular formula is C54H76N5O11S2+. The summed E-state index contributed by atoms with van der Waals surface area (Å²) in [5.74, 6) is -1.92. The van der Waals surface area contributed by atoms with Gasteiger partial charge >= 0.3 is 5.97 Å². The fourth-order valence-corrected chi connectivity index (χ4v) is 11.0. The van der Waals surface area contributed by atoms with Gasteiger partial charge in [-0.3, -0.25) is 28.3 Å². The van der Waals surface area contributed by atoms with Crippen molar-refractivity contribution >= 4 is 61.0 Å². The van der Waals surface area contributed by atoms with Crippen molar-refractivity contribution < 1.29 is 54.8 Å². The SMILES string of the molecule is Cc1ccc2c(c1)C(C)(C)C1=[N+]2CCCCCC(=O)NC(C(=O)NCCCCCC(=O)O)CCCCNC(=O)CCCCCC2(C)/C(=C/C=C/C=C/C=C/1)N(CCCS(=O)(=O)O)c1ccc(S(=O)(=O)O)cc12. The Balaban J connectivity index is 1.41. The number of nitrogens with one attached hydrogen (secondary N) is 3. The Hall–Kier alpha value is -5.43. The Morgan fingerprint density at radius 2 is 1.53 bits per heavy atom. The maximum Gasteiger partial charge on any atom is 0.303 e. The lowest BCUT2D eigenvalue weighted by molar-refractivity contribution is -0.438. The molecule has 3 aliphatic rings. The Bertz CT molecular complexity index is 2650. The number of aliphatic carboxylic acids is 1. The number of carboxylic acids is 1. The van der Waals surface area contributed by atoms with Gasteiger partial charge < -0.3 is 26.0 Å². The quantitative estimate of drug-likeness (QED) is 0.0669. The number of hydrogen-bond acceptors (Lipinski definition) is 9. The van der Waals surface area contributed by atoms with Gasteiger partial charge in [-0.1, -0.05) is 61.3 Å². The Morgan fingerprint density at radius 1 is 0.806 bits per heavy atom. The lowest BCUT2D eigenvalue weighted by atomic mass is 9.77. The monoisotopic (exact) mass is 1030 g/mol. The normalized spacial score (nSPS) is 23.2. The molecule has 3 amide bonds. The molecule has 6 N–H and O–H groups in total. The second kappa shape index (κ2) is 26.5. The fourth-order valence-electron chi connectivity index (χ4n) is 10.0. The number of allylic oxidation sites excluding steroid dienone is 8. The number of carbonyl (C=O) groups is 4. The van der Waals surface area contributed by atoms with Gasteiger partial charge in [-0.05, 0) is 128 Å². The van der Waals surface area contributed by atoms with E-state index in [9.17, 15) is 45.1 Å². The second-order valence-corrected chi connectivity index (χ2v) is 23.0. The van der Waals surface area contributed by atoms with Gasteiger partial charge in [-0.25, -0.2) is 0 Å². The van der Waals surface area contributed by atoms with Crippen molar-refractivity contribution in [2.45, 2.75) is 159 Å². The molecule has 2 unspecified atom stereocenters. The van der Waals surface area contributed by atoms with E-state index in [1.165, 1.54) is 23.3 Å². The molecule has 0 spiro atoms. The number of fused-ring (bicyclic) bond motifs is 5. The molecule has 0 saturated heterocycles. The number of rotatable bonds is 12. The first kappa shape index (κ1) is 57.5. The van der Waals surface area contributed by atoms with Crippen LogP contribution in [-0.4, -0.2) is 103 Å². The zero-order valence-corrected chi connectivity index (χ0v) is 44.1. The van der Waals surface area contributed by atoms with Gasteiger partial charge in [0.1, 0.15) is 12.6 Å². The molecule has 72 heavy (non-hydrogen) atoms. The zero-order valence-electron chi connectivity index (χ0n) is 42.5. The molecule has 0 aliphatic carbocycles. The van der Waals surface area contributed by atoms with E-state index in [2.05, 4.69) is 65.6 Å². The molecule has 0 radical (unpaired) electrons. The molecule has 2 atom stereocenters. The summed E-state index contributed by atoms with van der Waals surface area (Å²) in [4.78, 5) is 52.2. The van der Waals surface area contributed by atoms with Crippen molar-refractivity contribution in [1.29, 1.82) is 0 Å².